The zero-order valence-corrected chi connectivity index (χ0v) is 9.90. The van der Waals surface area contributed by atoms with E-state index >= 15 is 0 Å². The third kappa shape index (κ3) is 5.05. The number of nitriles is 1. The maximum atomic E-state index is 12.2. The van der Waals surface area contributed by atoms with Crippen LogP contribution in [0.2, 0.25) is 0 Å². The van der Waals surface area contributed by atoms with Crippen LogP contribution >= 0.6 is 11.8 Å². The van der Waals surface area contributed by atoms with E-state index in [1.807, 2.05) is 0 Å². The van der Waals surface area contributed by atoms with E-state index in [2.05, 4.69) is 5.32 Å². The Morgan fingerprint density at radius 2 is 2.06 bits per heavy atom. The molecule has 0 saturated heterocycles. The third-order valence-electron chi connectivity index (χ3n) is 2.24. The summed E-state index contributed by atoms with van der Waals surface area (Å²) >= 11 is 1.37. The van der Waals surface area contributed by atoms with Crippen molar-refractivity contribution in [2.75, 3.05) is 19.4 Å². The SMILES string of the molecule is CSC(CO)C(C)NCC(C#N)C(F)(F)F. The monoisotopic (exact) mass is 256 g/mol. The molecule has 7 heteroatoms. The number of nitrogens with zero attached hydrogens (tertiary/aromatic N) is 1. The van der Waals surface area contributed by atoms with Gasteiger partial charge in [0.15, 0.2) is 5.92 Å². The van der Waals surface area contributed by atoms with E-state index < -0.39 is 18.6 Å². The number of thioether (sulfide) groups is 1. The smallest absolute Gasteiger partial charge is 0.395 e. The molecule has 16 heavy (non-hydrogen) atoms. The van der Waals surface area contributed by atoms with Gasteiger partial charge >= 0.3 is 6.18 Å². The van der Waals surface area contributed by atoms with Crippen LogP contribution in [0.1, 0.15) is 6.92 Å². The van der Waals surface area contributed by atoms with Crippen molar-refractivity contribution in [1.82, 2.24) is 5.32 Å². The molecule has 0 aliphatic heterocycles. The van der Waals surface area contributed by atoms with Crippen molar-refractivity contribution >= 4 is 11.8 Å². The molecule has 0 heterocycles. The molecular weight excluding hydrogens is 241 g/mol. The van der Waals surface area contributed by atoms with Gasteiger partial charge in [0.05, 0.1) is 12.7 Å². The number of hydrogen-bond acceptors (Lipinski definition) is 4. The first-order chi connectivity index (χ1) is 7.36. The van der Waals surface area contributed by atoms with Gasteiger partial charge < -0.3 is 10.4 Å². The molecule has 94 valence electrons. The van der Waals surface area contributed by atoms with Gasteiger partial charge in [0.1, 0.15) is 0 Å². The van der Waals surface area contributed by atoms with Crippen LogP contribution in [0.15, 0.2) is 0 Å². The first kappa shape index (κ1) is 15.6. The lowest BCUT2D eigenvalue weighted by Gasteiger charge is -2.23. The molecule has 3 unspecified atom stereocenters. The second-order valence-corrected chi connectivity index (χ2v) is 4.45. The average Bonchev–Trinajstić information content (AvgIpc) is 2.18. The van der Waals surface area contributed by atoms with Gasteiger partial charge in [0.25, 0.3) is 0 Å². The molecule has 0 aromatic carbocycles. The van der Waals surface area contributed by atoms with Crippen LogP contribution in [0, 0.1) is 17.2 Å². The van der Waals surface area contributed by atoms with Crippen molar-refractivity contribution in [3.05, 3.63) is 0 Å². The maximum absolute atomic E-state index is 12.2. The van der Waals surface area contributed by atoms with Crippen LogP contribution in [-0.4, -0.2) is 42.0 Å². The lowest BCUT2D eigenvalue weighted by atomic mass is 10.1. The normalized spacial score (nSPS) is 17.6. The molecule has 0 saturated carbocycles. The fourth-order valence-corrected chi connectivity index (χ4v) is 1.76. The van der Waals surface area contributed by atoms with Crippen molar-refractivity contribution < 1.29 is 18.3 Å². The molecule has 0 amide bonds. The molecule has 3 atom stereocenters. The highest BCUT2D eigenvalue weighted by atomic mass is 32.2. The summed E-state index contributed by atoms with van der Waals surface area (Å²) in [6.45, 7) is 1.12. The van der Waals surface area contributed by atoms with Gasteiger partial charge in [-0.1, -0.05) is 0 Å². The van der Waals surface area contributed by atoms with Gasteiger partial charge in [-0.15, -0.1) is 0 Å². The Balaban J connectivity index is 4.18. The van der Waals surface area contributed by atoms with Crippen LogP contribution < -0.4 is 5.32 Å². The highest BCUT2D eigenvalue weighted by Gasteiger charge is 2.39. The fourth-order valence-electron chi connectivity index (χ4n) is 1.11. The summed E-state index contributed by atoms with van der Waals surface area (Å²) in [5.74, 6) is -2.00. The van der Waals surface area contributed by atoms with Crippen LogP contribution in [0.25, 0.3) is 0 Å². The Labute approximate surface area is 97.0 Å². The van der Waals surface area contributed by atoms with Gasteiger partial charge in [0.2, 0.25) is 0 Å². The number of alkyl halides is 3. The van der Waals surface area contributed by atoms with Crippen LogP contribution in [0.4, 0.5) is 13.2 Å². The van der Waals surface area contributed by atoms with Crippen molar-refractivity contribution in [1.29, 1.82) is 5.26 Å². The predicted molar refractivity (Wildman–Crippen MR) is 57.0 cm³/mol. The van der Waals surface area contributed by atoms with E-state index in [0.717, 1.165) is 0 Å². The average molecular weight is 256 g/mol. The molecule has 0 fully saturated rings. The zero-order valence-electron chi connectivity index (χ0n) is 9.08. The molecule has 2 N–H and O–H groups in total. The van der Waals surface area contributed by atoms with Gasteiger partial charge in [-0.05, 0) is 13.2 Å². The van der Waals surface area contributed by atoms with Crippen molar-refractivity contribution in [3.63, 3.8) is 0 Å². The Bertz CT molecular complexity index is 238. The number of rotatable bonds is 6. The van der Waals surface area contributed by atoms with Gasteiger partial charge in [-0.2, -0.15) is 30.2 Å². The first-order valence-electron chi connectivity index (χ1n) is 4.70. The van der Waals surface area contributed by atoms with Gasteiger partial charge in [-0.25, -0.2) is 0 Å². The van der Waals surface area contributed by atoms with E-state index in [1.54, 1.807) is 13.2 Å². The lowest BCUT2D eigenvalue weighted by molar-refractivity contribution is -0.157. The van der Waals surface area contributed by atoms with Crippen LogP contribution in [0.5, 0.6) is 0 Å². The van der Waals surface area contributed by atoms with E-state index in [1.165, 1.54) is 17.8 Å². The summed E-state index contributed by atoms with van der Waals surface area (Å²) in [4.78, 5) is 0. The number of aliphatic hydroxyl groups excluding tert-OH is 1. The number of hydrogen-bond donors (Lipinski definition) is 2. The molecule has 0 radical (unpaired) electrons. The summed E-state index contributed by atoms with van der Waals surface area (Å²) in [6, 6.07) is 0.936. The molecule has 0 spiro atoms. The molecule has 0 rings (SSSR count). The summed E-state index contributed by atoms with van der Waals surface area (Å²) in [6.07, 6.45) is -2.74. The van der Waals surface area contributed by atoms with Crippen molar-refractivity contribution in [2.45, 2.75) is 24.4 Å². The minimum atomic E-state index is -4.50. The summed E-state index contributed by atoms with van der Waals surface area (Å²) in [7, 11) is 0. The molecule has 0 aliphatic rings. The molecule has 0 aliphatic carbocycles. The molecule has 0 aromatic heterocycles. The molecular formula is C9H15F3N2OS. The molecule has 3 nitrogen and oxygen atoms in total. The molecule has 0 bridgehead atoms. The predicted octanol–water partition coefficient (Wildman–Crippen LogP) is 1.39. The van der Waals surface area contributed by atoms with Gasteiger partial charge in [0, 0.05) is 17.8 Å². The number of aliphatic hydroxyl groups is 1. The first-order valence-corrected chi connectivity index (χ1v) is 5.99. The zero-order chi connectivity index (χ0) is 12.8. The van der Waals surface area contributed by atoms with E-state index in [4.69, 9.17) is 10.4 Å². The summed E-state index contributed by atoms with van der Waals surface area (Å²) in [5, 5.41) is 19.7. The third-order valence-corrected chi connectivity index (χ3v) is 3.40. The van der Waals surface area contributed by atoms with Gasteiger partial charge in [-0.3, -0.25) is 0 Å². The highest BCUT2D eigenvalue weighted by molar-refractivity contribution is 7.99. The standard InChI is InChI=1S/C9H15F3N2OS/c1-6(8(5-15)16-2)14-4-7(3-13)9(10,11)12/h6-8,14-15H,4-5H2,1-2H3. The Hall–Kier alpha value is -0.450. The van der Waals surface area contributed by atoms with Crippen molar-refractivity contribution in [2.24, 2.45) is 5.92 Å². The highest BCUT2D eigenvalue weighted by Crippen LogP contribution is 2.25. The van der Waals surface area contributed by atoms with Crippen molar-refractivity contribution in [3.8, 4) is 6.07 Å². The maximum Gasteiger partial charge on any atom is 0.405 e. The lowest BCUT2D eigenvalue weighted by Crippen LogP contribution is -2.42. The van der Waals surface area contributed by atoms with E-state index in [0.29, 0.717) is 0 Å². The number of halogens is 3. The second kappa shape index (κ2) is 6.99. The second-order valence-electron chi connectivity index (χ2n) is 3.38. The van der Waals surface area contributed by atoms with E-state index in [9.17, 15) is 13.2 Å². The fraction of sp³-hybridized carbons (Fsp3) is 0.889. The minimum Gasteiger partial charge on any atom is -0.395 e. The van der Waals surface area contributed by atoms with Crippen LogP contribution in [-0.2, 0) is 0 Å². The Kier molecular flexibility index (Phi) is 6.79. The quantitative estimate of drug-likeness (QED) is 0.754. The summed E-state index contributed by atoms with van der Waals surface area (Å²) in [5.41, 5.74) is 0. The largest absolute Gasteiger partial charge is 0.405 e. The number of nitrogens with one attached hydrogen (secondary N) is 1. The Morgan fingerprint density at radius 3 is 2.38 bits per heavy atom. The summed E-state index contributed by atoms with van der Waals surface area (Å²) < 4.78 is 36.7. The van der Waals surface area contributed by atoms with E-state index in [-0.39, 0.29) is 17.9 Å². The minimum absolute atomic E-state index is 0.113. The Morgan fingerprint density at radius 1 is 1.50 bits per heavy atom. The topological polar surface area (TPSA) is 56.0 Å². The molecule has 0 aromatic rings. The van der Waals surface area contributed by atoms with Crippen LogP contribution in [0.3, 0.4) is 0 Å².